The van der Waals surface area contributed by atoms with Gasteiger partial charge in [-0.1, -0.05) is 12.1 Å². The number of nitrogens with zero attached hydrogens (tertiary/aromatic N) is 1. The van der Waals surface area contributed by atoms with E-state index in [-0.39, 0.29) is 18.4 Å². The number of carboxylic acid groups (broad SMARTS) is 1. The molecular weight excluding hydrogens is 260 g/mol. The summed E-state index contributed by atoms with van der Waals surface area (Å²) in [6.45, 7) is -0.0179. The maximum atomic E-state index is 12.0. The van der Waals surface area contributed by atoms with Crippen LogP contribution in [-0.4, -0.2) is 48.4 Å². The second-order valence-corrected chi connectivity index (χ2v) is 4.13. The number of rotatable bonds is 5. The highest BCUT2D eigenvalue weighted by atomic mass is 16.4. The lowest BCUT2D eigenvalue weighted by Gasteiger charge is -2.16. The monoisotopic (exact) mass is 276 g/mol. The van der Waals surface area contributed by atoms with Gasteiger partial charge in [0.1, 0.15) is 0 Å². The minimum atomic E-state index is -1.03. The van der Waals surface area contributed by atoms with Gasteiger partial charge in [0.2, 0.25) is 5.91 Å². The number of amides is 2. The molecule has 6 heteroatoms. The second kappa shape index (κ2) is 7.08. The van der Waals surface area contributed by atoms with Crippen LogP contribution in [-0.2, 0) is 9.59 Å². The molecule has 0 radical (unpaired) electrons. The third-order valence-electron chi connectivity index (χ3n) is 2.58. The standard InChI is InChI=1S/C14H16N2O4/c1-15-12(17)9-16(2)14(20)11-6-3-10(4-7-11)5-8-13(18)19/h3-8H,9H2,1-2H3,(H,15,17)(H,18,19). The predicted molar refractivity (Wildman–Crippen MR) is 74.1 cm³/mol. The minimum Gasteiger partial charge on any atom is -0.478 e. The average Bonchev–Trinajstić information content (AvgIpc) is 2.44. The van der Waals surface area contributed by atoms with Crippen molar-refractivity contribution in [2.75, 3.05) is 20.6 Å². The summed E-state index contributed by atoms with van der Waals surface area (Å²) in [5.41, 5.74) is 1.11. The quantitative estimate of drug-likeness (QED) is 0.771. The van der Waals surface area contributed by atoms with Crippen molar-refractivity contribution < 1.29 is 19.5 Å². The van der Waals surface area contributed by atoms with Crippen LogP contribution in [0, 0.1) is 0 Å². The van der Waals surface area contributed by atoms with Crippen LogP contribution in [0.2, 0.25) is 0 Å². The summed E-state index contributed by atoms with van der Waals surface area (Å²) in [4.78, 5) is 34.9. The number of benzene rings is 1. The molecule has 0 saturated heterocycles. The largest absolute Gasteiger partial charge is 0.478 e. The van der Waals surface area contributed by atoms with E-state index in [0.717, 1.165) is 6.08 Å². The van der Waals surface area contributed by atoms with Gasteiger partial charge in [-0.15, -0.1) is 0 Å². The van der Waals surface area contributed by atoms with Crippen LogP contribution in [0.3, 0.4) is 0 Å². The molecule has 0 spiro atoms. The van der Waals surface area contributed by atoms with Gasteiger partial charge < -0.3 is 15.3 Å². The molecule has 0 heterocycles. The Hall–Kier alpha value is -2.63. The lowest BCUT2D eigenvalue weighted by molar-refractivity contribution is -0.131. The van der Waals surface area contributed by atoms with Gasteiger partial charge in [0.15, 0.2) is 0 Å². The smallest absolute Gasteiger partial charge is 0.328 e. The van der Waals surface area contributed by atoms with E-state index < -0.39 is 5.97 Å². The molecular formula is C14H16N2O4. The van der Waals surface area contributed by atoms with E-state index in [1.807, 2.05) is 0 Å². The molecule has 6 nitrogen and oxygen atoms in total. The van der Waals surface area contributed by atoms with Crippen molar-refractivity contribution in [2.24, 2.45) is 0 Å². The van der Waals surface area contributed by atoms with Gasteiger partial charge in [-0.2, -0.15) is 0 Å². The molecule has 0 unspecified atom stereocenters. The maximum Gasteiger partial charge on any atom is 0.328 e. The first-order chi connectivity index (χ1) is 9.43. The molecule has 20 heavy (non-hydrogen) atoms. The van der Waals surface area contributed by atoms with Crippen molar-refractivity contribution in [3.05, 3.63) is 41.5 Å². The number of nitrogens with one attached hydrogen (secondary N) is 1. The summed E-state index contributed by atoms with van der Waals surface area (Å²) in [6.07, 6.45) is 2.46. The molecule has 1 aromatic carbocycles. The maximum absolute atomic E-state index is 12.0. The number of carbonyl (C=O) groups excluding carboxylic acids is 2. The molecule has 2 N–H and O–H groups in total. The van der Waals surface area contributed by atoms with E-state index in [1.165, 1.54) is 25.1 Å². The predicted octanol–water partition coefficient (Wildman–Crippen LogP) is 0.602. The average molecular weight is 276 g/mol. The van der Waals surface area contributed by atoms with E-state index in [4.69, 9.17) is 5.11 Å². The van der Waals surface area contributed by atoms with Gasteiger partial charge >= 0.3 is 5.97 Å². The van der Waals surface area contributed by atoms with Crippen LogP contribution in [0.5, 0.6) is 0 Å². The Kier molecular flexibility index (Phi) is 5.46. The first-order valence-corrected chi connectivity index (χ1v) is 5.91. The molecule has 0 bridgehead atoms. The summed E-state index contributed by atoms with van der Waals surface area (Å²) < 4.78 is 0. The summed E-state index contributed by atoms with van der Waals surface area (Å²) >= 11 is 0. The van der Waals surface area contributed by atoms with E-state index in [9.17, 15) is 14.4 Å². The molecule has 0 atom stereocenters. The number of hydrogen-bond donors (Lipinski definition) is 2. The van der Waals surface area contributed by atoms with Crippen molar-refractivity contribution in [3.63, 3.8) is 0 Å². The normalized spacial score (nSPS) is 10.3. The summed E-state index contributed by atoms with van der Waals surface area (Å²) in [6, 6.07) is 6.45. The zero-order valence-electron chi connectivity index (χ0n) is 11.3. The van der Waals surface area contributed by atoms with Crippen molar-refractivity contribution in [3.8, 4) is 0 Å². The van der Waals surface area contributed by atoms with Gasteiger partial charge in [0.05, 0.1) is 6.54 Å². The Labute approximate surface area is 116 Å². The van der Waals surface area contributed by atoms with Crippen LogP contribution in [0.4, 0.5) is 0 Å². The minimum absolute atomic E-state index is 0.0179. The molecule has 0 saturated carbocycles. The fraction of sp³-hybridized carbons (Fsp3) is 0.214. The molecule has 1 rings (SSSR count). The fourth-order valence-corrected chi connectivity index (χ4v) is 1.49. The Morgan fingerprint density at radius 3 is 2.35 bits per heavy atom. The van der Waals surface area contributed by atoms with E-state index in [2.05, 4.69) is 5.32 Å². The van der Waals surface area contributed by atoms with Crippen LogP contribution in [0.1, 0.15) is 15.9 Å². The van der Waals surface area contributed by atoms with E-state index in [0.29, 0.717) is 11.1 Å². The molecule has 0 aromatic heterocycles. The van der Waals surface area contributed by atoms with Gasteiger partial charge in [0.25, 0.3) is 5.91 Å². The molecule has 2 amide bonds. The van der Waals surface area contributed by atoms with Gasteiger partial charge in [-0.05, 0) is 23.8 Å². The molecule has 0 fully saturated rings. The molecule has 0 aliphatic heterocycles. The lowest BCUT2D eigenvalue weighted by Crippen LogP contribution is -2.36. The number of aliphatic carboxylic acids is 1. The van der Waals surface area contributed by atoms with Crippen molar-refractivity contribution in [1.82, 2.24) is 10.2 Å². The lowest BCUT2D eigenvalue weighted by atomic mass is 10.1. The van der Waals surface area contributed by atoms with Gasteiger partial charge in [-0.3, -0.25) is 9.59 Å². The number of likely N-dealkylation sites (N-methyl/N-ethyl adjacent to an activating group) is 2. The van der Waals surface area contributed by atoms with Crippen molar-refractivity contribution in [1.29, 1.82) is 0 Å². The topological polar surface area (TPSA) is 86.7 Å². The highest BCUT2D eigenvalue weighted by molar-refractivity contribution is 5.96. The van der Waals surface area contributed by atoms with Crippen molar-refractivity contribution >= 4 is 23.9 Å². The summed E-state index contributed by atoms with van der Waals surface area (Å²) in [5, 5.41) is 11.0. The zero-order chi connectivity index (χ0) is 15.1. The fourth-order valence-electron chi connectivity index (χ4n) is 1.49. The third kappa shape index (κ3) is 4.56. The molecule has 0 aliphatic rings. The number of carbonyl (C=O) groups is 3. The first-order valence-electron chi connectivity index (χ1n) is 5.91. The van der Waals surface area contributed by atoms with Crippen molar-refractivity contribution in [2.45, 2.75) is 0 Å². The Morgan fingerprint density at radius 2 is 1.85 bits per heavy atom. The Balaban J connectivity index is 2.75. The summed E-state index contributed by atoms with van der Waals surface area (Å²) in [7, 11) is 3.04. The van der Waals surface area contributed by atoms with E-state index in [1.54, 1.807) is 24.3 Å². The second-order valence-electron chi connectivity index (χ2n) is 4.13. The molecule has 106 valence electrons. The number of hydrogen-bond acceptors (Lipinski definition) is 3. The van der Waals surface area contributed by atoms with Gasteiger partial charge in [-0.25, -0.2) is 4.79 Å². The molecule has 0 aliphatic carbocycles. The first kappa shape index (κ1) is 15.4. The zero-order valence-corrected chi connectivity index (χ0v) is 11.3. The van der Waals surface area contributed by atoms with Crippen LogP contribution >= 0.6 is 0 Å². The third-order valence-corrected chi connectivity index (χ3v) is 2.58. The Bertz CT molecular complexity index is 535. The van der Waals surface area contributed by atoms with Crippen LogP contribution < -0.4 is 5.32 Å². The Morgan fingerprint density at radius 1 is 1.25 bits per heavy atom. The van der Waals surface area contributed by atoms with Crippen LogP contribution in [0.15, 0.2) is 30.3 Å². The molecule has 1 aromatic rings. The highest BCUT2D eigenvalue weighted by Crippen LogP contribution is 2.08. The summed E-state index contributed by atoms with van der Waals surface area (Å²) in [5.74, 6) is -1.56. The van der Waals surface area contributed by atoms with E-state index >= 15 is 0 Å². The SMILES string of the molecule is CNC(=O)CN(C)C(=O)c1ccc(C=CC(=O)O)cc1. The highest BCUT2D eigenvalue weighted by Gasteiger charge is 2.13. The van der Waals surface area contributed by atoms with Gasteiger partial charge in [0, 0.05) is 25.7 Å². The number of carboxylic acids is 1. The van der Waals surface area contributed by atoms with Crippen LogP contribution in [0.25, 0.3) is 6.08 Å².